The standard InChI is InChI=1S/C17H26BrNS/c1-2-10-19-16(13-20-17-8-3-4-9-17)12-14-6-5-7-15(18)11-14/h5-7,11,16-17,19H,2-4,8-10,12-13H2,1H3. The summed E-state index contributed by atoms with van der Waals surface area (Å²) in [5.74, 6) is 1.25. The van der Waals surface area contributed by atoms with Crippen molar-refractivity contribution < 1.29 is 0 Å². The molecule has 0 bridgehead atoms. The van der Waals surface area contributed by atoms with Crippen LogP contribution in [0.5, 0.6) is 0 Å². The second-order valence-corrected chi connectivity index (χ2v) is 7.97. The van der Waals surface area contributed by atoms with Crippen molar-refractivity contribution in [2.24, 2.45) is 0 Å². The molecular formula is C17H26BrNS. The predicted molar refractivity (Wildman–Crippen MR) is 94.6 cm³/mol. The van der Waals surface area contributed by atoms with E-state index < -0.39 is 0 Å². The number of hydrogen-bond acceptors (Lipinski definition) is 2. The summed E-state index contributed by atoms with van der Waals surface area (Å²) in [7, 11) is 0. The highest BCUT2D eigenvalue weighted by atomic mass is 79.9. The maximum atomic E-state index is 3.73. The number of hydrogen-bond donors (Lipinski definition) is 1. The molecule has 20 heavy (non-hydrogen) atoms. The first-order valence-corrected chi connectivity index (χ1v) is 9.71. The maximum Gasteiger partial charge on any atom is 0.0198 e. The van der Waals surface area contributed by atoms with E-state index in [1.807, 2.05) is 0 Å². The average Bonchev–Trinajstić information content (AvgIpc) is 2.95. The van der Waals surface area contributed by atoms with Crippen LogP contribution in [0.15, 0.2) is 28.7 Å². The van der Waals surface area contributed by atoms with E-state index in [9.17, 15) is 0 Å². The fourth-order valence-corrected chi connectivity index (χ4v) is 4.65. The third kappa shape index (κ3) is 5.79. The van der Waals surface area contributed by atoms with Gasteiger partial charge >= 0.3 is 0 Å². The minimum atomic E-state index is 0.606. The van der Waals surface area contributed by atoms with Crippen LogP contribution in [0.4, 0.5) is 0 Å². The molecule has 1 aliphatic rings. The zero-order valence-corrected chi connectivity index (χ0v) is 14.8. The molecule has 1 aromatic carbocycles. The van der Waals surface area contributed by atoms with Gasteiger partial charge in [-0.15, -0.1) is 0 Å². The van der Waals surface area contributed by atoms with Crippen molar-refractivity contribution in [1.29, 1.82) is 0 Å². The molecule has 0 aromatic heterocycles. The summed E-state index contributed by atoms with van der Waals surface area (Å²) in [6.45, 7) is 3.37. The molecular weight excluding hydrogens is 330 g/mol. The second kappa shape index (κ2) is 9.11. The van der Waals surface area contributed by atoms with Crippen LogP contribution in [0.25, 0.3) is 0 Å². The van der Waals surface area contributed by atoms with E-state index in [0.717, 1.165) is 18.2 Å². The Bertz CT molecular complexity index is 390. The van der Waals surface area contributed by atoms with Crippen LogP contribution < -0.4 is 5.32 Å². The zero-order valence-electron chi connectivity index (χ0n) is 12.4. The smallest absolute Gasteiger partial charge is 0.0198 e. The van der Waals surface area contributed by atoms with E-state index >= 15 is 0 Å². The fraction of sp³-hybridized carbons (Fsp3) is 0.647. The average molecular weight is 356 g/mol. The summed E-state index contributed by atoms with van der Waals surface area (Å²) in [6, 6.07) is 9.34. The van der Waals surface area contributed by atoms with Gasteiger partial charge in [0.2, 0.25) is 0 Å². The lowest BCUT2D eigenvalue weighted by atomic mass is 10.1. The van der Waals surface area contributed by atoms with Gasteiger partial charge in [0.25, 0.3) is 0 Å². The molecule has 1 N–H and O–H groups in total. The van der Waals surface area contributed by atoms with Gasteiger partial charge < -0.3 is 5.32 Å². The summed E-state index contributed by atoms with van der Waals surface area (Å²) in [5.41, 5.74) is 1.43. The number of nitrogens with one attached hydrogen (secondary N) is 1. The van der Waals surface area contributed by atoms with Gasteiger partial charge in [0.05, 0.1) is 0 Å². The molecule has 1 aliphatic carbocycles. The molecule has 0 amide bonds. The monoisotopic (exact) mass is 355 g/mol. The van der Waals surface area contributed by atoms with Gasteiger partial charge in [0.1, 0.15) is 0 Å². The van der Waals surface area contributed by atoms with Crippen LogP contribution in [0, 0.1) is 0 Å². The molecule has 0 saturated heterocycles. The Hall–Kier alpha value is 0.01000. The molecule has 1 atom stereocenters. The quantitative estimate of drug-likeness (QED) is 0.701. The van der Waals surface area contributed by atoms with Gasteiger partial charge in [0, 0.05) is 21.5 Å². The third-order valence-electron chi connectivity index (χ3n) is 3.89. The zero-order chi connectivity index (χ0) is 14.2. The van der Waals surface area contributed by atoms with Crippen molar-refractivity contribution in [3.05, 3.63) is 34.3 Å². The minimum Gasteiger partial charge on any atom is -0.313 e. The van der Waals surface area contributed by atoms with E-state index in [4.69, 9.17) is 0 Å². The fourth-order valence-electron chi connectivity index (χ4n) is 2.79. The third-order valence-corrected chi connectivity index (χ3v) is 5.92. The van der Waals surface area contributed by atoms with Crippen molar-refractivity contribution in [2.45, 2.75) is 56.7 Å². The van der Waals surface area contributed by atoms with Crippen molar-refractivity contribution in [1.82, 2.24) is 5.32 Å². The van der Waals surface area contributed by atoms with E-state index in [1.165, 1.54) is 47.9 Å². The van der Waals surface area contributed by atoms with Crippen LogP contribution in [-0.2, 0) is 6.42 Å². The predicted octanol–water partition coefficient (Wildman–Crippen LogP) is 5.04. The van der Waals surface area contributed by atoms with Crippen LogP contribution in [0.3, 0.4) is 0 Å². The second-order valence-electron chi connectivity index (χ2n) is 5.72. The van der Waals surface area contributed by atoms with Crippen LogP contribution in [-0.4, -0.2) is 23.6 Å². The van der Waals surface area contributed by atoms with E-state index in [2.05, 4.69) is 64.2 Å². The highest BCUT2D eigenvalue weighted by Crippen LogP contribution is 2.30. The maximum absolute atomic E-state index is 3.73. The van der Waals surface area contributed by atoms with Crippen LogP contribution in [0.1, 0.15) is 44.6 Å². The Morgan fingerprint density at radius 3 is 2.85 bits per heavy atom. The van der Waals surface area contributed by atoms with Crippen molar-refractivity contribution in [2.75, 3.05) is 12.3 Å². The molecule has 1 aromatic rings. The first kappa shape index (κ1) is 16.4. The molecule has 112 valence electrons. The molecule has 1 saturated carbocycles. The Morgan fingerprint density at radius 1 is 1.35 bits per heavy atom. The summed E-state index contributed by atoms with van der Waals surface area (Å²) in [6.07, 6.45) is 8.10. The molecule has 1 fully saturated rings. The van der Waals surface area contributed by atoms with Crippen molar-refractivity contribution in [3.8, 4) is 0 Å². The Labute approximate surface area is 136 Å². The van der Waals surface area contributed by atoms with Gasteiger partial charge in [-0.25, -0.2) is 0 Å². The van der Waals surface area contributed by atoms with E-state index in [0.29, 0.717) is 6.04 Å². The highest BCUT2D eigenvalue weighted by Gasteiger charge is 2.18. The molecule has 0 aliphatic heterocycles. The lowest BCUT2D eigenvalue weighted by Crippen LogP contribution is -2.34. The van der Waals surface area contributed by atoms with Gasteiger partial charge in [-0.2, -0.15) is 11.8 Å². The summed E-state index contributed by atoms with van der Waals surface area (Å²) >= 11 is 5.76. The van der Waals surface area contributed by atoms with Crippen LogP contribution >= 0.6 is 27.7 Å². The Balaban J connectivity index is 1.85. The Morgan fingerprint density at radius 2 is 2.15 bits per heavy atom. The van der Waals surface area contributed by atoms with E-state index in [1.54, 1.807) is 0 Å². The molecule has 1 nitrogen and oxygen atoms in total. The Kier molecular flexibility index (Phi) is 7.47. The lowest BCUT2D eigenvalue weighted by molar-refractivity contribution is 0.549. The molecule has 0 heterocycles. The lowest BCUT2D eigenvalue weighted by Gasteiger charge is -2.20. The van der Waals surface area contributed by atoms with Gasteiger partial charge in [0.15, 0.2) is 0 Å². The van der Waals surface area contributed by atoms with Crippen LogP contribution in [0.2, 0.25) is 0 Å². The molecule has 2 rings (SSSR count). The summed E-state index contributed by atoms with van der Waals surface area (Å²) in [4.78, 5) is 0. The molecule has 0 spiro atoms. The normalized spacial score (nSPS) is 17.5. The minimum absolute atomic E-state index is 0.606. The molecule has 3 heteroatoms. The molecule has 0 radical (unpaired) electrons. The first-order chi connectivity index (χ1) is 9.78. The first-order valence-electron chi connectivity index (χ1n) is 7.87. The van der Waals surface area contributed by atoms with Gasteiger partial charge in [-0.05, 0) is 49.9 Å². The number of benzene rings is 1. The topological polar surface area (TPSA) is 12.0 Å². The number of rotatable bonds is 8. The SMILES string of the molecule is CCCNC(CSC1CCCC1)Cc1cccc(Br)c1. The number of halogens is 1. The van der Waals surface area contributed by atoms with Crippen molar-refractivity contribution in [3.63, 3.8) is 0 Å². The van der Waals surface area contributed by atoms with Gasteiger partial charge in [-0.3, -0.25) is 0 Å². The summed E-state index contributed by atoms with van der Waals surface area (Å²) < 4.78 is 1.19. The molecule has 1 unspecified atom stereocenters. The van der Waals surface area contributed by atoms with Crippen molar-refractivity contribution >= 4 is 27.7 Å². The summed E-state index contributed by atoms with van der Waals surface area (Å²) in [5, 5.41) is 4.65. The van der Waals surface area contributed by atoms with Gasteiger partial charge in [-0.1, -0.05) is 47.8 Å². The largest absolute Gasteiger partial charge is 0.313 e. The van der Waals surface area contributed by atoms with E-state index in [-0.39, 0.29) is 0 Å². The number of thioether (sulfide) groups is 1. The highest BCUT2D eigenvalue weighted by molar-refractivity contribution is 9.10.